The molecule has 2 atom stereocenters. The summed E-state index contributed by atoms with van der Waals surface area (Å²) in [5.41, 5.74) is 5.40. The predicted octanol–water partition coefficient (Wildman–Crippen LogP) is 5.96. The van der Waals surface area contributed by atoms with E-state index in [1.165, 1.54) is 31.9 Å². The first-order valence-electron chi connectivity index (χ1n) is 11.5. The summed E-state index contributed by atoms with van der Waals surface area (Å²) in [5, 5.41) is 10.8. The molecule has 6 rings (SSSR count). The van der Waals surface area contributed by atoms with Gasteiger partial charge < -0.3 is 21.8 Å². The molecule has 0 radical (unpaired) electrons. The summed E-state index contributed by atoms with van der Waals surface area (Å²) in [4.78, 5) is 24.8. The van der Waals surface area contributed by atoms with E-state index in [-0.39, 0.29) is 56.0 Å². The molecular formula is C28H29NO4U. The molecule has 3 aromatic rings. The van der Waals surface area contributed by atoms with Gasteiger partial charge in [0.1, 0.15) is 0 Å². The summed E-state index contributed by atoms with van der Waals surface area (Å²) in [6.07, 6.45) is 6.75. The fourth-order valence-corrected chi connectivity index (χ4v) is 6.38. The van der Waals surface area contributed by atoms with E-state index >= 15 is 0 Å². The van der Waals surface area contributed by atoms with E-state index in [9.17, 15) is 14.7 Å². The number of carbonyl (C=O) groups is 2. The first-order chi connectivity index (χ1) is 15.5. The van der Waals surface area contributed by atoms with E-state index in [1.54, 1.807) is 12.1 Å². The van der Waals surface area contributed by atoms with Crippen molar-refractivity contribution < 1.29 is 50.5 Å². The van der Waals surface area contributed by atoms with Crippen LogP contribution in [0.15, 0.2) is 36.4 Å². The van der Waals surface area contributed by atoms with Crippen molar-refractivity contribution in [2.45, 2.75) is 56.9 Å². The number of rotatable bonds is 3. The Labute approximate surface area is 224 Å². The van der Waals surface area contributed by atoms with Crippen LogP contribution < -0.4 is 0 Å². The Hall–Kier alpha value is -2.03. The van der Waals surface area contributed by atoms with Crippen LogP contribution in [-0.2, 0) is 16.1 Å². The van der Waals surface area contributed by atoms with Crippen LogP contribution in [0.3, 0.4) is 0 Å². The SMILES string of the molecule is COC(=O)C12CC1c1c[c-]ccc1-c1c(C3CCCCC3)c3ccc(C(=O)O)cc3n1C2.[CH3-].[U+2]. The standard InChI is InChI=1S/C27H26NO4.CH3.U/c1-32-26(31)27-14-21(27)18-9-5-6-10-19(18)24-23(16-7-3-2-4-8-16)20-12-11-17(25(29)30)13-22(20)28(24)15-27;;/h6,9-13,16,21H,2-4,7-8,14-15H2,1H3,(H,29,30);1H3;/q2*-1;+2. The zero-order valence-corrected chi connectivity index (χ0v) is 23.9. The minimum atomic E-state index is -0.933. The molecule has 3 aliphatic rings. The van der Waals surface area contributed by atoms with E-state index in [0.29, 0.717) is 12.5 Å². The average Bonchev–Trinajstić information content (AvgIpc) is 3.49. The number of nitrogens with zero attached hydrogens (tertiary/aromatic N) is 1. The molecule has 2 saturated carbocycles. The van der Waals surface area contributed by atoms with Gasteiger partial charge in [0, 0.05) is 23.1 Å². The number of hydrogen-bond donors (Lipinski definition) is 1. The van der Waals surface area contributed by atoms with Crippen molar-refractivity contribution in [1.82, 2.24) is 4.57 Å². The molecule has 0 bridgehead atoms. The van der Waals surface area contributed by atoms with E-state index in [0.717, 1.165) is 47.0 Å². The quantitative estimate of drug-likeness (QED) is 0.274. The van der Waals surface area contributed by atoms with Gasteiger partial charge in [-0.1, -0.05) is 25.3 Å². The van der Waals surface area contributed by atoms with Gasteiger partial charge in [0.2, 0.25) is 0 Å². The third-order valence-corrected chi connectivity index (χ3v) is 8.00. The third-order valence-electron chi connectivity index (χ3n) is 8.00. The van der Waals surface area contributed by atoms with Gasteiger partial charge in [-0.25, -0.2) is 4.79 Å². The minimum Gasteiger partial charge on any atom is -0.478 e. The van der Waals surface area contributed by atoms with Crippen molar-refractivity contribution in [1.29, 1.82) is 0 Å². The van der Waals surface area contributed by atoms with Crippen LogP contribution >= 0.6 is 0 Å². The number of carboxylic acids is 1. The second-order valence-electron chi connectivity index (χ2n) is 9.64. The van der Waals surface area contributed by atoms with Gasteiger partial charge in [0.15, 0.2) is 0 Å². The Morgan fingerprint density at radius 3 is 2.65 bits per heavy atom. The number of methoxy groups -OCH3 is 1. The molecule has 6 heteroatoms. The molecule has 0 amide bonds. The first kappa shape index (κ1) is 25.1. The van der Waals surface area contributed by atoms with E-state index in [1.807, 2.05) is 18.2 Å². The summed E-state index contributed by atoms with van der Waals surface area (Å²) in [6.45, 7) is 0.515. The molecular weight excluding hydrogens is 652 g/mol. The molecule has 2 fully saturated rings. The Kier molecular flexibility index (Phi) is 6.79. The van der Waals surface area contributed by atoms with Gasteiger partial charge in [-0.15, -0.1) is 11.1 Å². The summed E-state index contributed by atoms with van der Waals surface area (Å²) in [7, 11) is 1.46. The van der Waals surface area contributed by atoms with Gasteiger partial charge in [0.05, 0.1) is 18.1 Å². The molecule has 1 aliphatic heterocycles. The Bertz CT molecular complexity index is 1270. The van der Waals surface area contributed by atoms with Crippen molar-refractivity contribution in [3.05, 3.63) is 66.6 Å². The van der Waals surface area contributed by atoms with E-state index in [4.69, 9.17) is 4.74 Å². The molecule has 5 nitrogen and oxygen atoms in total. The number of fused-ring (bicyclic) bond motifs is 7. The number of aromatic carboxylic acids is 1. The monoisotopic (exact) mass is 681 g/mol. The number of benzene rings is 2. The summed E-state index contributed by atoms with van der Waals surface area (Å²) in [6, 6.07) is 14.8. The van der Waals surface area contributed by atoms with Crippen LogP contribution in [0.2, 0.25) is 0 Å². The molecule has 0 spiro atoms. The molecule has 34 heavy (non-hydrogen) atoms. The van der Waals surface area contributed by atoms with Crippen LogP contribution in [0.25, 0.3) is 22.2 Å². The van der Waals surface area contributed by atoms with Crippen molar-refractivity contribution in [2.75, 3.05) is 7.11 Å². The number of aromatic nitrogens is 1. The van der Waals surface area contributed by atoms with Crippen LogP contribution in [0, 0.1) is 50.0 Å². The predicted molar refractivity (Wildman–Crippen MR) is 127 cm³/mol. The number of ether oxygens (including phenoxy) is 1. The topological polar surface area (TPSA) is 68.5 Å². The molecule has 174 valence electrons. The van der Waals surface area contributed by atoms with Crippen molar-refractivity contribution in [3.63, 3.8) is 0 Å². The molecule has 0 saturated heterocycles. The van der Waals surface area contributed by atoms with Gasteiger partial charge >= 0.3 is 43.1 Å². The van der Waals surface area contributed by atoms with E-state index < -0.39 is 11.4 Å². The molecule has 1 aromatic heterocycles. The fourth-order valence-electron chi connectivity index (χ4n) is 6.38. The second-order valence-corrected chi connectivity index (χ2v) is 9.64. The summed E-state index contributed by atoms with van der Waals surface area (Å²) in [5.74, 6) is -0.559. The smallest absolute Gasteiger partial charge is 0.478 e. The number of carbonyl (C=O) groups excluding carboxylic acids is 1. The molecule has 2 unspecified atom stereocenters. The maximum absolute atomic E-state index is 13.0. The Morgan fingerprint density at radius 1 is 1.18 bits per heavy atom. The van der Waals surface area contributed by atoms with Crippen LogP contribution in [0.5, 0.6) is 0 Å². The Morgan fingerprint density at radius 2 is 1.94 bits per heavy atom. The zero-order valence-electron chi connectivity index (χ0n) is 19.7. The molecule has 1 N–H and O–H groups in total. The average molecular weight is 682 g/mol. The maximum Gasteiger partial charge on any atom is 2.00 e. The zero-order chi connectivity index (χ0) is 22.0. The van der Waals surface area contributed by atoms with Crippen molar-refractivity contribution in [2.24, 2.45) is 5.41 Å². The minimum absolute atomic E-state index is 0. The molecule has 2 heterocycles. The van der Waals surface area contributed by atoms with Gasteiger partial charge in [-0.3, -0.25) is 4.79 Å². The number of esters is 1. The van der Waals surface area contributed by atoms with Crippen LogP contribution in [0.1, 0.15) is 71.8 Å². The van der Waals surface area contributed by atoms with Crippen molar-refractivity contribution >= 4 is 22.8 Å². The van der Waals surface area contributed by atoms with E-state index in [2.05, 4.69) is 16.7 Å². The summed E-state index contributed by atoms with van der Waals surface area (Å²) >= 11 is 0. The third kappa shape index (κ3) is 3.57. The van der Waals surface area contributed by atoms with Crippen LogP contribution in [0.4, 0.5) is 0 Å². The number of hydrogen-bond acceptors (Lipinski definition) is 3. The van der Waals surface area contributed by atoms with Crippen molar-refractivity contribution in [3.8, 4) is 11.3 Å². The largest absolute Gasteiger partial charge is 2.00 e. The van der Waals surface area contributed by atoms with Gasteiger partial charge in [-0.2, -0.15) is 24.3 Å². The number of carboxylic acid groups (broad SMARTS) is 1. The maximum atomic E-state index is 13.0. The van der Waals surface area contributed by atoms with Crippen LogP contribution in [-0.4, -0.2) is 28.7 Å². The van der Waals surface area contributed by atoms with Gasteiger partial charge in [0.25, 0.3) is 0 Å². The summed E-state index contributed by atoms with van der Waals surface area (Å²) < 4.78 is 7.49. The fraction of sp³-hybridized carbons (Fsp3) is 0.393. The van der Waals surface area contributed by atoms with Gasteiger partial charge in [-0.05, 0) is 48.8 Å². The Balaban J connectivity index is 0.00000137. The molecule has 2 aliphatic carbocycles. The first-order valence-corrected chi connectivity index (χ1v) is 11.5. The normalized spacial score (nSPS) is 22.8. The molecule has 2 aromatic carbocycles. The second kappa shape index (κ2) is 9.21.